The predicted molar refractivity (Wildman–Crippen MR) is 127 cm³/mol. The lowest BCUT2D eigenvalue weighted by Crippen LogP contribution is -2.00. The molecule has 15 heteroatoms. The van der Waals surface area contributed by atoms with Gasteiger partial charge in [-0.15, -0.1) is 0 Å². The quantitative estimate of drug-likeness (QED) is 0.201. The van der Waals surface area contributed by atoms with Gasteiger partial charge in [0.1, 0.15) is 12.0 Å². The van der Waals surface area contributed by atoms with Crippen molar-refractivity contribution in [3.05, 3.63) is 89.0 Å². The molecular weight excluding hydrogens is 532 g/mol. The van der Waals surface area contributed by atoms with Crippen LogP contribution < -0.4 is 14.9 Å². The number of nitrogens with zero attached hydrogens (tertiary/aromatic N) is 5. The van der Waals surface area contributed by atoms with Gasteiger partial charge in [-0.25, -0.2) is 4.98 Å². The van der Waals surface area contributed by atoms with Crippen molar-refractivity contribution >= 4 is 45.0 Å². The van der Waals surface area contributed by atoms with Gasteiger partial charge < -0.3 is 9.47 Å². The normalized spacial score (nSPS) is 10.7. The Morgan fingerprint density at radius 1 is 1.00 bits per heavy atom. The minimum atomic E-state index is -0.782. The van der Waals surface area contributed by atoms with E-state index in [0.29, 0.717) is 10.0 Å². The summed E-state index contributed by atoms with van der Waals surface area (Å²) >= 11 is 3.34. The molecule has 0 fully saturated rings. The summed E-state index contributed by atoms with van der Waals surface area (Å²) in [5.41, 5.74) is 1.99. The van der Waals surface area contributed by atoms with Crippen molar-refractivity contribution in [2.75, 3.05) is 12.0 Å². The Balaban J connectivity index is 1.87. The minimum absolute atomic E-state index is 0.117. The van der Waals surface area contributed by atoms with Crippen LogP contribution in [0.3, 0.4) is 0 Å². The highest BCUT2D eigenvalue weighted by molar-refractivity contribution is 9.10. The average molecular weight is 547 g/mol. The third-order valence-electron chi connectivity index (χ3n) is 4.25. The van der Waals surface area contributed by atoms with Crippen LogP contribution in [0.25, 0.3) is 0 Å². The molecule has 0 atom stereocenters. The zero-order chi connectivity index (χ0) is 25.5. The van der Waals surface area contributed by atoms with E-state index in [0.717, 1.165) is 24.4 Å². The van der Waals surface area contributed by atoms with E-state index in [9.17, 15) is 30.3 Å². The second-order valence-electron chi connectivity index (χ2n) is 6.56. The van der Waals surface area contributed by atoms with E-state index in [4.69, 9.17) is 9.47 Å². The number of ether oxygens (including phenoxy) is 2. The van der Waals surface area contributed by atoms with Gasteiger partial charge in [0.15, 0.2) is 11.5 Å². The number of benzene rings is 2. The Morgan fingerprint density at radius 3 is 2.31 bits per heavy atom. The summed E-state index contributed by atoms with van der Waals surface area (Å²) in [7, 11) is 0. The third-order valence-corrected chi connectivity index (χ3v) is 4.83. The first kappa shape index (κ1) is 25.0. The molecule has 0 aliphatic carbocycles. The summed E-state index contributed by atoms with van der Waals surface area (Å²) in [4.78, 5) is 34.9. The Hall–Kier alpha value is -4.66. The molecule has 1 heterocycles. The topological polar surface area (TPSA) is 185 Å². The van der Waals surface area contributed by atoms with Crippen LogP contribution in [0.4, 0.5) is 22.9 Å². The average Bonchev–Trinajstić information content (AvgIpc) is 2.81. The van der Waals surface area contributed by atoms with Crippen LogP contribution in [0.15, 0.2) is 58.2 Å². The van der Waals surface area contributed by atoms with E-state index in [1.54, 1.807) is 19.1 Å². The second kappa shape index (κ2) is 11.0. The molecule has 0 saturated heterocycles. The highest BCUT2D eigenvalue weighted by Gasteiger charge is 2.23. The van der Waals surface area contributed by atoms with E-state index < -0.39 is 26.1 Å². The van der Waals surface area contributed by atoms with Crippen molar-refractivity contribution in [1.82, 2.24) is 4.98 Å². The number of hydrazone groups is 1. The lowest BCUT2D eigenvalue weighted by atomic mass is 10.2. The highest BCUT2D eigenvalue weighted by Crippen LogP contribution is 2.42. The van der Waals surface area contributed by atoms with E-state index >= 15 is 0 Å². The Bertz CT molecular complexity index is 1320. The number of hydrogen-bond acceptors (Lipinski definition) is 11. The maximum absolute atomic E-state index is 11.4. The first-order valence-corrected chi connectivity index (χ1v) is 10.5. The number of non-ortho nitro benzene ring substituents is 1. The third kappa shape index (κ3) is 6.23. The van der Waals surface area contributed by atoms with Crippen molar-refractivity contribution in [3.63, 3.8) is 0 Å². The molecule has 0 bridgehead atoms. The minimum Gasteiger partial charge on any atom is -0.490 e. The van der Waals surface area contributed by atoms with Gasteiger partial charge in [0.25, 0.3) is 11.4 Å². The Morgan fingerprint density at radius 2 is 1.71 bits per heavy atom. The lowest BCUT2D eigenvalue weighted by Gasteiger charge is -2.14. The largest absolute Gasteiger partial charge is 0.490 e. The molecule has 0 saturated carbocycles. The number of nitro benzene ring substituents is 2. The summed E-state index contributed by atoms with van der Waals surface area (Å²) in [5.74, 6) is 0.409. The van der Waals surface area contributed by atoms with Crippen LogP contribution in [0, 0.1) is 30.3 Å². The number of pyridine rings is 1. The fraction of sp³-hybridized carbons (Fsp3) is 0.100. The molecule has 3 rings (SSSR count). The van der Waals surface area contributed by atoms with E-state index in [1.807, 2.05) is 0 Å². The molecule has 180 valence electrons. The van der Waals surface area contributed by atoms with Crippen LogP contribution in [-0.4, -0.2) is 32.6 Å². The maximum atomic E-state index is 11.4. The first-order valence-electron chi connectivity index (χ1n) is 9.66. The number of hydrogen-bond donors (Lipinski definition) is 1. The summed E-state index contributed by atoms with van der Waals surface area (Å²) in [6.45, 7) is 1.98. The predicted octanol–water partition coefficient (Wildman–Crippen LogP) is 5.21. The molecule has 0 spiro atoms. The molecule has 0 aliphatic heterocycles. The molecule has 0 radical (unpaired) electrons. The van der Waals surface area contributed by atoms with Crippen LogP contribution in [0.5, 0.6) is 17.2 Å². The Kier molecular flexibility index (Phi) is 7.83. The fourth-order valence-electron chi connectivity index (χ4n) is 2.72. The van der Waals surface area contributed by atoms with Crippen LogP contribution in [0.2, 0.25) is 0 Å². The Labute approximate surface area is 204 Å². The number of nitrogens with one attached hydrogen (secondary N) is 1. The molecule has 2 aromatic carbocycles. The number of nitro groups is 3. The lowest BCUT2D eigenvalue weighted by molar-refractivity contribution is -0.394. The van der Waals surface area contributed by atoms with Gasteiger partial charge in [0, 0.05) is 12.1 Å². The number of rotatable bonds is 10. The molecule has 1 N–H and O–H groups in total. The van der Waals surface area contributed by atoms with Crippen molar-refractivity contribution in [3.8, 4) is 17.2 Å². The standard InChI is InChI=1S/C20H15BrN6O8/c1-2-34-18-8-12(10-23-24-19-6-4-14(11-22-19)26(30)31)7-15(21)20(18)35-17-5-3-13(25(28)29)9-16(17)27(32)33/h3-11H,2H2,1H3,(H,22,24)/b23-10-. The van der Waals surface area contributed by atoms with Gasteiger partial charge in [0.05, 0.1) is 38.1 Å². The summed E-state index contributed by atoms with van der Waals surface area (Å²) in [6, 6.07) is 8.87. The van der Waals surface area contributed by atoms with Gasteiger partial charge in [-0.3, -0.25) is 35.8 Å². The van der Waals surface area contributed by atoms with Gasteiger partial charge >= 0.3 is 5.69 Å². The number of anilines is 1. The van der Waals surface area contributed by atoms with Gasteiger partial charge in [-0.05, 0) is 52.7 Å². The SMILES string of the molecule is CCOc1cc(/C=N\Nc2ccc([N+](=O)[O-])cn2)cc(Br)c1Oc1ccc([N+](=O)[O-])cc1[N+](=O)[O-]. The van der Waals surface area contributed by atoms with Gasteiger partial charge in [-0.1, -0.05) is 0 Å². The second-order valence-corrected chi connectivity index (χ2v) is 7.41. The summed E-state index contributed by atoms with van der Waals surface area (Å²) in [5, 5.41) is 37.1. The van der Waals surface area contributed by atoms with E-state index in [1.165, 1.54) is 18.3 Å². The summed E-state index contributed by atoms with van der Waals surface area (Å²) < 4.78 is 11.7. The fourth-order valence-corrected chi connectivity index (χ4v) is 3.26. The van der Waals surface area contributed by atoms with Crippen molar-refractivity contribution in [2.24, 2.45) is 5.10 Å². The van der Waals surface area contributed by atoms with Gasteiger partial charge in [-0.2, -0.15) is 5.10 Å². The first-order chi connectivity index (χ1) is 16.7. The van der Waals surface area contributed by atoms with Crippen molar-refractivity contribution < 1.29 is 24.2 Å². The van der Waals surface area contributed by atoms with Crippen LogP contribution in [0.1, 0.15) is 12.5 Å². The van der Waals surface area contributed by atoms with Crippen LogP contribution >= 0.6 is 15.9 Å². The zero-order valence-corrected chi connectivity index (χ0v) is 19.4. The molecular formula is C20H15BrN6O8. The molecule has 0 amide bonds. The van der Waals surface area contributed by atoms with Gasteiger partial charge in [0.2, 0.25) is 5.75 Å². The van der Waals surface area contributed by atoms with Crippen molar-refractivity contribution in [2.45, 2.75) is 6.92 Å². The van der Waals surface area contributed by atoms with E-state index in [2.05, 4.69) is 31.4 Å². The summed E-state index contributed by atoms with van der Waals surface area (Å²) in [6.07, 6.45) is 2.51. The molecule has 3 aromatic rings. The molecule has 35 heavy (non-hydrogen) atoms. The molecule has 0 unspecified atom stereocenters. The number of aromatic nitrogens is 1. The highest BCUT2D eigenvalue weighted by atomic mass is 79.9. The smallest absolute Gasteiger partial charge is 0.318 e. The zero-order valence-electron chi connectivity index (χ0n) is 17.8. The van der Waals surface area contributed by atoms with Crippen LogP contribution in [-0.2, 0) is 0 Å². The molecule has 0 aliphatic rings. The monoisotopic (exact) mass is 546 g/mol. The van der Waals surface area contributed by atoms with Crippen molar-refractivity contribution in [1.29, 1.82) is 0 Å². The van der Waals surface area contributed by atoms with E-state index in [-0.39, 0.29) is 35.4 Å². The molecule has 14 nitrogen and oxygen atoms in total. The maximum Gasteiger partial charge on any atom is 0.318 e. The molecule has 1 aromatic heterocycles. The number of halogens is 1.